The Morgan fingerprint density at radius 2 is 2.00 bits per heavy atom. The predicted molar refractivity (Wildman–Crippen MR) is 120 cm³/mol. The molecule has 0 atom stereocenters. The van der Waals surface area contributed by atoms with Crippen molar-refractivity contribution in [3.05, 3.63) is 47.8 Å². The van der Waals surface area contributed by atoms with Gasteiger partial charge >= 0.3 is 0 Å². The summed E-state index contributed by atoms with van der Waals surface area (Å²) < 4.78 is 33.4. The molecule has 2 rings (SSSR count). The van der Waals surface area contributed by atoms with Crippen LogP contribution in [0.1, 0.15) is 38.3 Å². The number of rotatable bonds is 9. The van der Waals surface area contributed by atoms with Crippen molar-refractivity contribution in [3.63, 3.8) is 0 Å². The Bertz CT molecular complexity index is 986. The van der Waals surface area contributed by atoms with Gasteiger partial charge in [-0.3, -0.25) is 9.52 Å². The normalized spacial score (nSPS) is 11.6. The molecule has 4 N–H and O–H groups in total. The van der Waals surface area contributed by atoms with Gasteiger partial charge in [0.15, 0.2) is 5.11 Å². The monoisotopic (exact) mass is 452 g/mol. The fourth-order valence-electron chi connectivity index (χ4n) is 2.79. The first-order chi connectivity index (χ1) is 14.1. The first kappa shape index (κ1) is 23.7. The van der Waals surface area contributed by atoms with Crippen LogP contribution in [0, 0.1) is 0 Å². The van der Waals surface area contributed by atoms with E-state index in [4.69, 9.17) is 17.0 Å². The fraction of sp³-hybridized carbons (Fsp3) is 0.400. The Morgan fingerprint density at radius 1 is 1.27 bits per heavy atom. The summed E-state index contributed by atoms with van der Waals surface area (Å²) in [5.41, 5.74) is 0.903. The van der Waals surface area contributed by atoms with Crippen molar-refractivity contribution in [1.82, 2.24) is 20.3 Å². The van der Waals surface area contributed by atoms with Crippen LogP contribution in [0.5, 0.6) is 5.75 Å². The average molecular weight is 453 g/mol. The van der Waals surface area contributed by atoms with Crippen LogP contribution >= 0.6 is 12.2 Å². The Kier molecular flexibility index (Phi) is 7.85. The number of hydrogen-bond donors (Lipinski definition) is 4. The summed E-state index contributed by atoms with van der Waals surface area (Å²) in [6, 6.07) is 6.57. The molecule has 0 radical (unpaired) electrons. The largest absolute Gasteiger partial charge is 0.492 e. The van der Waals surface area contributed by atoms with Gasteiger partial charge in [0.1, 0.15) is 10.6 Å². The number of H-pyrrole nitrogens is 1. The molecule has 1 heterocycles. The van der Waals surface area contributed by atoms with Crippen molar-refractivity contribution >= 4 is 33.3 Å². The minimum atomic E-state index is -3.98. The van der Waals surface area contributed by atoms with E-state index in [0.717, 1.165) is 12.0 Å². The van der Waals surface area contributed by atoms with Crippen LogP contribution in [-0.4, -0.2) is 38.1 Å². The summed E-state index contributed by atoms with van der Waals surface area (Å²) in [4.78, 5) is 15.5. The van der Waals surface area contributed by atoms with Crippen molar-refractivity contribution in [1.29, 1.82) is 0 Å². The van der Waals surface area contributed by atoms with E-state index in [9.17, 15) is 13.2 Å². The van der Waals surface area contributed by atoms with Crippen molar-refractivity contribution < 1.29 is 17.9 Å². The van der Waals surface area contributed by atoms with E-state index in [1.165, 1.54) is 13.1 Å². The summed E-state index contributed by atoms with van der Waals surface area (Å²) in [5.74, 6) is -0.0226. The zero-order chi connectivity index (χ0) is 22.4. The third-order valence-corrected chi connectivity index (χ3v) is 6.16. The number of hydrogen-bond acceptors (Lipinski definition) is 5. The molecular weight excluding hydrogens is 424 g/mol. The predicted octanol–water partition coefficient (Wildman–Crippen LogP) is 2.18. The smallest absolute Gasteiger partial charge is 0.267 e. The number of aromatic nitrogens is 1. The second kappa shape index (κ2) is 9.94. The summed E-state index contributed by atoms with van der Waals surface area (Å²) >= 11 is 4.93. The molecule has 0 saturated carbocycles. The second-order valence-electron chi connectivity index (χ2n) is 7.26. The molecule has 8 nitrogen and oxygen atoms in total. The van der Waals surface area contributed by atoms with Gasteiger partial charge in [0.25, 0.3) is 10.0 Å². The van der Waals surface area contributed by atoms with E-state index in [-0.39, 0.29) is 28.1 Å². The van der Waals surface area contributed by atoms with E-state index in [1.807, 2.05) is 33.0 Å². The lowest BCUT2D eigenvalue weighted by molar-refractivity contribution is -0.122. The van der Waals surface area contributed by atoms with Gasteiger partial charge in [0, 0.05) is 19.4 Å². The van der Waals surface area contributed by atoms with Crippen LogP contribution in [0.15, 0.2) is 41.6 Å². The molecule has 0 aliphatic carbocycles. The molecule has 164 valence electrons. The van der Waals surface area contributed by atoms with Gasteiger partial charge < -0.3 is 20.4 Å². The molecule has 10 heteroatoms. The van der Waals surface area contributed by atoms with E-state index in [0.29, 0.717) is 12.2 Å². The van der Waals surface area contributed by atoms with E-state index >= 15 is 0 Å². The number of thiocarbonyl (C=S) groups is 1. The summed E-state index contributed by atoms with van der Waals surface area (Å²) in [6.07, 6.45) is 4.35. The molecule has 0 unspecified atom stereocenters. The fourth-order valence-corrected chi connectivity index (χ4v) is 4.28. The van der Waals surface area contributed by atoms with Gasteiger partial charge in [-0.15, -0.1) is 0 Å². The summed E-state index contributed by atoms with van der Waals surface area (Å²) in [6.45, 7) is 6.08. The number of carbonyl (C=O) groups excluding carboxylic acids is 1. The third kappa shape index (κ3) is 6.20. The molecule has 30 heavy (non-hydrogen) atoms. The minimum Gasteiger partial charge on any atom is -0.492 e. The highest BCUT2D eigenvalue weighted by molar-refractivity contribution is 7.92. The molecule has 0 aliphatic heterocycles. The minimum absolute atomic E-state index is 0.0148. The number of nitrogens with one attached hydrogen (secondary N) is 4. The molecular formula is C20H28N4O4S2. The summed E-state index contributed by atoms with van der Waals surface area (Å²) in [5, 5.41) is 5.51. The number of aromatic amines is 1. The van der Waals surface area contributed by atoms with Crippen molar-refractivity contribution in [2.24, 2.45) is 0 Å². The number of benzene rings is 1. The highest BCUT2D eigenvalue weighted by atomic mass is 32.2. The Balaban J connectivity index is 2.26. The molecule has 0 saturated heterocycles. The molecule has 1 aromatic carbocycles. The Morgan fingerprint density at radius 3 is 2.60 bits per heavy atom. The standard InChI is InChI=1S/C20H28N4O4S2/c1-5-10-28-16-7-6-14(11-17(16)30(26,27)24-19(29)21-4)12-18(25)23-20(2,3)15-8-9-22-13-15/h6-9,11,13,22H,5,10,12H2,1-4H3,(H,23,25)(H2,21,24,29). The van der Waals surface area contributed by atoms with Gasteiger partial charge in [-0.05, 0) is 61.8 Å². The highest BCUT2D eigenvalue weighted by Crippen LogP contribution is 2.26. The summed E-state index contributed by atoms with van der Waals surface area (Å²) in [7, 11) is -2.46. The Labute approximate surface area is 182 Å². The quantitative estimate of drug-likeness (QED) is 0.434. The van der Waals surface area contributed by atoms with Crippen LogP contribution in [-0.2, 0) is 26.8 Å². The van der Waals surface area contributed by atoms with Crippen LogP contribution in [0.2, 0.25) is 0 Å². The lowest BCUT2D eigenvalue weighted by atomic mass is 9.96. The zero-order valence-corrected chi connectivity index (χ0v) is 19.2. The Hall–Kier alpha value is -2.59. The number of carbonyl (C=O) groups is 1. The SMILES string of the molecule is CCCOc1ccc(CC(=O)NC(C)(C)c2cc[nH]c2)cc1S(=O)(=O)NC(=S)NC. The maximum Gasteiger partial charge on any atom is 0.267 e. The topological polar surface area (TPSA) is 112 Å². The average Bonchev–Trinajstić information content (AvgIpc) is 3.22. The van der Waals surface area contributed by atoms with E-state index in [2.05, 4.69) is 20.3 Å². The van der Waals surface area contributed by atoms with Gasteiger partial charge in [-0.1, -0.05) is 13.0 Å². The maximum atomic E-state index is 12.8. The lowest BCUT2D eigenvalue weighted by Gasteiger charge is -2.25. The second-order valence-corrected chi connectivity index (χ2v) is 9.32. The maximum absolute atomic E-state index is 12.8. The van der Waals surface area contributed by atoms with Crippen molar-refractivity contribution in [2.45, 2.75) is 44.0 Å². The highest BCUT2D eigenvalue weighted by Gasteiger charge is 2.25. The molecule has 1 aromatic heterocycles. The molecule has 2 aromatic rings. The number of amides is 1. The van der Waals surface area contributed by atoms with Gasteiger partial charge in [-0.25, -0.2) is 8.42 Å². The van der Waals surface area contributed by atoms with Crippen molar-refractivity contribution in [2.75, 3.05) is 13.7 Å². The number of ether oxygens (including phenoxy) is 1. The molecule has 0 fully saturated rings. The van der Waals surface area contributed by atoms with Crippen LogP contribution in [0.25, 0.3) is 0 Å². The van der Waals surface area contributed by atoms with Crippen LogP contribution in [0.4, 0.5) is 0 Å². The number of sulfonamides is 1. The molecule has 0 bridgehead atoms. The van der Waals surface area contributed by atoms with Crippen molar-refractivity contribution in [3.8, 4) is 5.75 Å². The zero-order valence-electron chi connectivity index (χ0n) is 17.5. The van der Waals surface area contributed by atoms with E-state index < -0.39 is 15.6 Å². The van der Waals surface area contributed by atoms with Gasteiger partial charge in [0.2, 0.25) is 5.91 Å². The van der Waals surface area contributed by atoms with Crippen LogP contribution in [0.3, 0.4) is 0 Å². The molecule has 0 spiro atoms. The van der Waals surface area contributed by atoms with Crippen LogP contribution < -0.4 is 20.1 Å². The first-order valence-corrected chi connectivity index (χ1v) is 11.4. The first-order valence-electron chi connectivity index (χ1n) is 9.53. The van der Waals surface area contributed by atoms with Gasteiger partial charge in [-0.2, -0.15) is 0 Å². The van der Waals surface area contributed by atoms with Gasteiger partial charge in [0.05, 0.1) is 18.6 Å². The molecule has 0 aliphatic rings. The molecule has 1 amide bonds. The lowest BCUT2D eigenvalue weighted by Crippen LogP contribution is -2.41. The van der Waals surface area contributed by atoms with E-state index in [1.54, 1.807) is 18.3 Å². The third-order valence-electron chi connectivity index (χ3n) is 4.35.